The number of hydrogen-bond acceptors (Lipinski definition) is 3. The zero-order chi connectivity index (χ0) is 12.3. The van der Waals surface area contributed by atoms with Crippen LogP contribution in [-0.4, -0.2) is 9.78 Å². The van der Waals surface area contributed by atoms with E-state index in [9.17, 15) is 0 Å². The summed E-state index contributed by atoms with van der Waals surface area (Å²) in [5.74, 6) is 0.723. The van der Waals surface area contributed by atoms with Crippen LogP contribution < -0.4 is 10.5 Å². The zero-order valence-electron chi connectivity index (χ0n) is 9.56. The Bertz CT molecular complexity index is 510. The van der Waals surface area contributed by atoms with Crippen LogP contribution in [0.25, 0.3) is 0 Å². The van der Waals surface area contributed by atoms with Crippen molar-refractivity contribution in [1.29, 1.82) is 0 Å². The maximum Gasteiger partial charge on any atom is 0.132 e. The Morgan fingerprint density at radius 2 is 2.29 bits per heavy atom. The molecule has 0 bridgehead atoms. The van der Waals surface area contributed by atoms with E-state index in [1.165, 1.54) is 0 Å². The Kier molecular flexibility index (Phi) is 3.54. The highest BCUT2D eigenvalue weighted by Crippen LogP contribution is 2.19. The summed E-state index contributed by atoms with van der Waals surface area (Å²) < 4.78 is 7.45. The summed E-state index contributed by atoms with van der Waals surface area (Å²) in [6, 6.07) is 7.27. The van der Waals surface area contributed by atoms with Crippen LogP contribution in [-0.2, 0) is 13.2 Å². The molecule has 0 saturated carbocycles. The minimum atomic E-state index is 0.389. The highest BCUT2D eigenvalue weighted by molar-refractivity contribution is 6.30. The number of aryl methyl sites for hydroxylation is 1. The molecule has 0 amide bonds. The van der Waals surface area contributed by atoms with E-state index in [1.807, 2.05) is 23.7 Å². The molecule has 0 aliphatic rings. The van der Waals surface area contributed by atoms with Gasteiger partial charge in [-0.15, -0.1) is 0 Å². The molecule has 1 aromatic heterocycles. The van der Waals surface area contributed by atoms with E-state index in [0.717, 1.165) is 18.0 Å². The fourth-order valence-electron chi connectivity index (χ4n) is 1.56. The average molecular weight is 252 g/mol. The fraction of sp³-hybridized carbons (Fsp3) is 0.250. The van der Waals surface area contributed by atoms with Gasteiger partial charge in [-0.1, -0.05) is 17.7 Å². The highest BCUT2D eigenvalue weighted by atomic mass is 35.5. The minimum absolute atomic E-state index is 0.389. The van der Waals surface area contributed by atoms with Crippen LogP contribution in [0.1, 0.15) is 12.6 Å². The lowest BCUT2D eigenvalue weighted by molar-refractivity contribution is 0.293. The molecule has 0 aliphatic heterocycles. The van der Waals surface area contributed by atoms with Gasteiger partial charge in [0.1, 0.15) is 12.4 Å². The standard InChI is InChI=1S/C12H14ClN3O/c1-2-16-12(11(14)7-15-16)8-17-10-5-3-4-9(13)6-10/h3-7H,2,8,14H2,1H3. The third kappa shape index (κ3) is 2.71. The zero-order valence-corrected chi connectivity index (χ0v) is 10.3. The molecule has 2 N–H and O–H groups in total. The molecule has 1 heterocycles. The fourth-order valence-corrected chi connectivity index (χ4v) is 1.74. The normalized spacial score (nSPS) is 10.5. The van der Waals surface area contributed by atoms with Gasteiger partial charge in [0.25, 0.3) is 0 Å². The van der Waals surface area contributed by atoms with Crippen molar-refractivity contribution in [2.75, 3.05) is 5.73 Å². The van der Waals surface area contributed by atoms with Crippen LogP contribution >= 0.6 is 11.6 Å². The lowest BCUT2D eigenvalue weighted by atomic mass is 10.3. The van der Waals surface area contributed by atoms with Gasteiger partial charge in [-0.3, -0.25) is 4.68 Å². The van der Waals surface area contributed by atoms with Crippen molar-refractivity contribution in [1.82, 2.24) is 9.78 Å². The van der Waals surface area contributed by atoms with E-state index in [4.69, 9.17) is 22.1 Å². The Labute approximate surface area is 105 Å². The first-order valence-electron chi connectivity index (χ1n) is 5.39. The van der Waals surface area contributed by atoms with E-state index in [1.54, 1.807) is 18.3 Å². The van der Waals surface area contributed by atoms with E-state index < -0.39 is 0 Å². The molecule has 17 heavy (non-hydrogen) atoms. The Hall–Kier alpha value is -1.68. The number of ether oxygens (including phenoxy) is 1. The Balaban J connectivity index is 2.09. The molecule has 2 rings (SSSR count). The minimum Gasteiger partial charge on any atom is -0.487 e. The maximum atomic E-state index is 5.87. The summed E-state index contributed by atoms with van der Waals surface area (Å²) in [4.78, 5) is 0. The molecule has 5 heteroatoms. The van der Waals surface area contributed by atoms with Crippen molar-refractivity contribution >= 4 is 17.3 Å². The molecule has 0 aliphatic carbocycles. The first-order valence-corrected chi connectivity index (χ1v) is 5.77. The molecule has 0 spiro atoms. The van der Waals surface area contributed by atoms with Gasteiger partial charge in [0.2, 0.25) is 0 Å². The first-order chi connectivity index (χ1) is 8.20. The van der Waals surface area contributed by atoms with Gasteiger partial charge < -0.3 is 10.5 Å². The molecule has 0 unspecified atom stereocenters. The molecule has 1 aromatic carbocycles. The van der Waals surface area contributed by atoms with Crippen LogP contribution in [0.15, 0.2) is 30.5 Å². The monoisotopic (exact) mass is 251 g/mol. The topological polar surface area (TPSA) is 53.1 Å². The molecular formula is C12H14ClN3O. The van der Waals surface area contributed by atoms with Crippen molar-refractivity contribution < 1.29 is 4.74 Å². The molecule has 90 valence electrons. The van der Waals surface area contributed by atoms with Gasteiger partial charge in [-0.25, -0.2) is 0 Å². The van der Waals surface area contributed by atoms with Gasteiger partial charge in [0.05, 0.1) is 17.6 Å². The van der Waals surface area contributed by atoms with Crippen LogP contribution in [0.3, 0.4) is 0 Å². The van der Waals surface area contributed by atoms with Crippen LogP contribution in [0.2, 0.25) is 5.02 Å². The molecule has 0 saturated heterocycles. The summed E-state index contributed by atoms with van der Waals surface area (Å²) in [5.41, 5.74) is 7.35. The van der Waals surface area contributed by atoms with Crippen molar-refractivity contribution in [2.24, 2.45) is 0 Å². The summed E-state index contributed by atoms with van der Waals surface area (Å²) >= 11 is 5.87. The average Bonchev–Trinajstić information content (AvgIpc) is 2.67. The molecule has 0 fully saturated rings. The Morgan fingerprint density at radius 1 is 1.47 bits per heavy atom. The predicted octanol–water partition coefficient (Wildman–Crippen LogP) is 2.72. The van der Waals surface area contributed by atoms with Crippen molar-refractivity contribution in [3.05, 3.63) is 41.2 Å². The first kappa shape index (κ1) is 11.8. The maximum absolute atomic E-state index is 5.87. The predicted molar refractivity (Wildman–Crippen MR) is 68.1 cm³/mol. The molecule has 4 nitrogen and oxygen atoms in total. The molecule has 2 aromatic rings. The summed E-state index contributed by atoms with van der Waals surface area (Å²) in [5, 5.41) is 4.80. The largest absolute Gasteiger partial charge is 0.487 e. The van der Waals surface area contributed by atoms with Crippen LogP contribution in [0, 0.1) is 0 Å². The number of anilines is 1. The molecule has 0 atom stereocenters. The van der Waals surface area contributed by atoms with Gasteiger partial charge in [0, 0.05) is 11.6 Å². The summed E-state index contributed by atoms with van der Waals surface area (Å²) in [7, 11) is 0. The van der Waals surface area contributed by atoms with Crippen molar-refractivity contribution in [3.8, 4) is 5.75 Å². The number of nitrogens with zero attached hydrogens (tertiary/aromatic N) is 2. The lowest BCUT2D eigenvalue weighted by Gasteiger charge is -2.08. The van der Waals surface area contributed by atoms with Gasteiger partial charge in [-0.05, 0) is 25.1 Å². The summed E-state index contributed by atoms with van der Waals surface area (Å²) in [6.45, 7) is 3.17. The van der Waals surface area contributed by atoms with E-state index in [-0.39, 0.29) is 0 Å². The second-order valence-electron chi connectivity index (χ2n) is 3.61. The van der Waals surface area contributed by atoms with E-state index >= 15 is 0 Å². The number of hydrogen-bond donors (Lipinski definition) is 1. The number of rotatable bonds is 4. The third-order valence-corrected chi connectivity index (χ3v) is 2.69. The van der Waals surface area contributed by atoms with Crippen molar-refractivity contribution in [3.63, 3.8) is 0 Å². The second kappa shape index (κ2) is 5.10. The second-order valence-corrected chi connectivity index (χ2v) is 4.04. The van der Waals surface area contributed by atoms with Gasteiger partial charge in [-0.2, -0.15) is 5.10 Å². The quantitative estimate of drug-likeness (QED) is 0.909. The van der Waals surface area contributed by atoms with Crippen molar-refractivity contribution in [2.45, 2.75) is 20.1 Å². The third-order valence-electron chi connectivity index (χ3n) is 2.45. The van der Waals surface area contributed by atoms with Gasteiger partial charge in [0.15, 0.2) is 0 Å². The number of benzene rings is 1. The lowest BCUT2D eigenvalue weighted by Crippen LogP contribution is -2.07. The number of nitrogen functional groups attached to an aromatic ring is 1. The van der Waals surface area contributed by atoms with E-state index in [0.29, 0.717) is 17.3 Å². The molecular weight excluding hydrogens is 238 g/mol. The van der Waals surface area contributed by atoms with Gasteiger partial charge >= 0.3 is 0 Å². The van der Waals surface area contributed by atoms with E-state index in [2.05, 4.69) is 5.10 Å². The summed E-state index contributed by atoms with van der Waals surface area (Å²) in [6.07, 6.45) is 1.64. The number of halogens is 1. The van der Waals surface area contributed by atoms with Crippen LogP contribution in [0.4, 0.5) is 5.69 Å². The SMILES string of the molecule is CCn1ncc(N)c1COc1cccc(Cl)c1. The highest BCUT2D eigenvalue weighted by Gasteiger charge is 2.07. The smallest absolute Gasteiger partial charge is 0.132 e. The van der Waals surface area contributed by atoms with Crippen LogP contribution in [0.5, 0.6) is 5.75 Å². The number of nitrogens with two attached hydrogens (primary N) is 1. The molecule has 0 radical (unpaired) electrons. The Morgan fingerprint density at radius 3 is 3.00 bits per heavy atom. The number of aromatic nitrogens is 2.